The van der Waals surface area contributed by atoms with Crippen molar-refractivity contribution in [1.82, 2.24) is 4.90 Å². The van der Waals surface area contributed by atoms with Crippen LogP contribution in [0.5, 0.6) is 0 Å². The van der Waals surface area contributed by atoms with Crippen LogP contribution in [0.2, 0.25) is 0 Å². The Balaban J connectivity index is 2.03. The molecule has 1 saturated heterocycles. The molecule has 3 N–H and O–H groups in total. The highest BCUT2D eigenvalue weighted by Gasteiger charge is 2.26. The van der Waals surface area contributed by atoms with E-state index in [0.29, 0.717) is 37.1 Å². The van der Waals surface area contributed by atoms with Crippen LogP contribution in [0.15, 0.2) is 18.2 Å². The van der Waals surface area contributed by atoms with Crippen LogP contribution in [-0.2, 0) is 14.4 Å². The fourth-order valence-corrected chi connectivity index (χ4v) is 2.27. The van der Waals surface area contributed by atoms with Crippen molar-refractivity contribution >= 4 is 29.1 Å². The second kappa shape index (κ2) is 6.39. The fourth-order valence-electron chi connectivity index (χ4n) is 2.27. The van der Waals surface area contributed by atoms with Crippen molar-refractivity contribution in [3.05, 3.63) is 23.8 Å². The van der Waals surface area contributed by atoms with Crippen molar-refractivity contribution in [3.8, 4) is 0 Å². The first-order valence-corrected chi connectivity index (χ1v) is 6.96. The van der Waals surface area contributed by atoms with Crippen molar-refractivity contribution in [3.63, 3.8) is 0 Å². The van der Waals surface area contributed by atoms with Crippen LogP contribution in [0.25, 0.3) is 0 Å². The number of benzene rings is 1. The van der Waals surface area contributed by atoms with Gasteiger partial charge in [0, 0.05) is 12.8 Å². The lowest BCUT2D eigenvalue weighted by molar-refractivity contribution is -0.146. The largest absolute Gasteiger partial charge is 0.397 e. The Bertz CT molecular complexity index is 566. The number of aryl methyl sites for hydroxylation is 1. The summed E-state index contributed by atoms with van der Waals surface area (Å²) >= 11 is 0. The number of nitrogen functional groups attached to an aromatic ring is 1. The maximum absolute atomic E-state index is 12.0. The topological polar surface area (TPSA) is 92.5 Å². The average Bonchev–Trinajstić information content (AvgIpc) is 2.57. The summed E-state index contributed by atoms with van der Waals surface area (Å²) in [6, 6.07) is 5.28. The molecule has 0 spiro atoms. The molecular formula is C15H19N3O3. The number of amides is 3. The zero-order valence-corrected chi connectivity index (χ0v) is 12.0. The third-order valence-corrected chi connectivity index (χ3v) is 3.42. The van der Waals surface area contributed by atoms with E-state index in [1.54, 1.807) is 12.1 Å². The van der Waals surface area contributed by atoms with E-state index in [1.165, 1.54) is 0 Å². The first-order valence-electron chi connectivity index (χ1n) is 6.96. The molecule has 0 aliphatic carbocycles. The van der Waals surface area contributed by atoms with E-state index in [2.05, 4.69) is 5.32 Å². The lowest BCUT2D eigenvalue weighted by Gasteiger charge is -2.18. The summed E-state index contributed by atoms with van der Waals surface area (Å²) < 4.78 is 0. The van der Waals surface area contributed by atoms with Crippen LogP contribution in [0, 0.1) is 6.92 Å². The van der Waals surface area contributed by atoms with Crippen molar-refractivity contribution in [2.75, 3.05) is 17.6 Å². The average molecular weight is 289 g/mol. The third kappa shape index (κ3) is 3.81. The van der Waals surface area contributed by atoms with E-state index in [1.807, 2.05) is 13.0 Å². The fraction of sp³-hybridized carbons (Fsp3) is 0.400. The number of imide groups is 1. The van der Waals surface area contributed by atoms with Crippen molar-refractivity contribution in [2.24, 2.45) is 0 Å². The van der Waals surface area contributed by atoms with Gasteiger partial charge in [-0.15, -0.1) is 0 Å². The maximum atomic E-state index is 12.0. The SMILES string of the molecule is Cc1ccc(NC(=O)CN2C(=O)CCCCC2=O)c(N)c1. The molecule has 1 heterocycles. The number of nitrogens with two attached hydrogens (primary N) is 1. The highest BCUT2D eigenvalue weighted by molar-refractivity contribution is 6.03. The van der Waals surface area contributed by atoms with Gasteiger partial charge in [0.15, 0.2) is 0 Å². The van der Waals surface area contributed by atoms with Gasteiger partial charge in [0.05, 0.1) is 11.4 Å². The highest BCUT2D eigenvalue weighted by Crippen LogP contribution is 2.19. The number of nitrogens with zero attached hydrogens (tertiary/aromatic N) is 1. The standard InChI is InChI=1S/C15H19N3O3/c1-10-6-7-12(11(16)8-10)17-13(19)9-18-14(20)4-2-3-5-15(18)21/h6-8H,2-5,9,16H2,1H3,(H,17,19). The number of hydrogen-bond acceptors (Lipinski definition) is 4. The lowest BCUT2D eigenvalue weighted by Crippen LogP contribution is -2.41. The highest BCUT2D eigenvalue weighted by atomic mass is 16.2. The molecule has 0 atom stereocenters. The van der Waals surface area contributed by atoms with Gasteiger partial charge in [-0.25, -0.2) is 0 Å². The van der Waals surface area contributed by atoms with Crippen molar-refractivity contribution in [1.29, 1.82) is 0 Å². The number of hydrogen-bond donors (Lipinski definition) is 2. The van der Waals surface area contributed by atoms with Crippen LogP contribution >= 0.6 is 0 Å². The summed E-state index contributed by atoms with van der Waals surface area (Å²) in [5, 5.41) is 2.64. The summed E-state index contributed by atoms with van der Waals surface area (Å²) in [4.78, 5) is 36.7. The Hall–Kier alpha value is -2.37. The van der Waals surface area contributed by atoms with Gasteiger partial charge in [0.1, 0.15) is 6.54 Å². The molecule has 0 unspecified atom stereocenters. The lowest BCUT2D eigenvalue weighted by atomic mass is 10.2. The molecule has 1 aromatic carbocycles. The minimum atomic E-state index is -0.422. The molecule has 21 heavy (non-hydrogen) atoms. The Morgan fingerprint density at radius 1 is 1.24 bits per heavy atom. The Labute approximate surface area is 123 Å². The second-order valence-corrected chi connectivity index (χ2v) is 5.22. The molecule has 1 aromatic rings. The van der Waals surface area contributed by atoms with Gasteiger partial charge in [0.2, 0.25) is 17.7 Å². The van der Waals surface area contributed by atoms with Crippen LogP contribution in [0.3, 0.4) is 0 Å². The Morgan fingerprint density at radius 2 is 1.86 bits per heavy atom. The van der Waals surface area contributed by atoms with Crippen molar-refractivity contribution < 1.29 is 14.4 Å². The quantitative estimate of drug-likeness (QED) is 0.650. The minimum absolute atomic E-state index is 0.259. The molecule has 1 aliphatic heterocycles. The summed E-state index contributed by atoms with van der Waals surface area (Å²) in [7, 11) is 0. The molecule has 6 heteroatoms. The van der Waals surface area contributed by atoms with Crippen molar-refractivity contribution in [2.45, 2.75) is 32.6 Å². The molecule has 0 aromatic heterocycles. The number of rotatable bonds is 3. The van der Waals surface area contributed by atoms with Gasteiger partial charge < -0.3 is 11.1 Å². The Morgan fingerprint density at radius 3 is 2.43 bits per heavy atom. The number of likely N-dealkylation sites (tertiary alicyclic amines) is 1. The molecule has 6 nitrogen and oxygen atoms in total. The van der Waals surface area contributed by atoms with Gasteiger partial charge in [0.25, 0.3) is 0 Å². The molecule has 0 saturated carbocycles. The number of carbonyl (C=O) groups excluding carboxylic acids is 3. The zero-order valence-electron chi connectivity index (χ0n) is 12.0. The molecule has 1 fully saturated rings. The second-order valence-electron chi connectivity index (χ2n) is 5.22. The van der Waals surface area contributed by atoms with Gasteiger partial charge in [-0.3, -0.25) is 19.3 Å². The molecule has 3 amide bonds. The molecule has 112 valence electrons. The van der Waals surface area contributed by atoms with E-state index < -0.39 is 5.91 Å². The third-order valence-electron chi connectivity index (χ3n) is 3.42. The van der Waals surface area contributed by atoms with E-state index in [4.69, 9.17) is 5.73 Å². The maximum Gasteiger partial charge on any atom is 0.244 e. The number of anilines is 2. The normalized spacial score (nSPS) is 15.8. The molecule has 1 aliphatic rings. The van der Waals surface area contributed by atoms with Crippen LogP contribution in [0.1, 0.15) is 31.2 Å². The van der Waals surface area contributed by atoms with Crippen LogP contribution in [-0.4, -0.2) is 29.2 Å². The van der Waals surface area contributed by atoms with Gasteiger partial charge in [-0.1, -0.05) is 6.07 Å². The van der Waals surface area contributed by atoms with E-state index in [-0.39, 0.29) is 18.4 Å². The minimum Gasteiger partial charge on any atom is -0.397 e. The molecule has 0 bridgehead atoms. The van der Waals surface area contributed by atoms with Gasteiger partial charge >= 0.3 is 0 Å². The van der Waals surface area contributed by atoms with E-state index in [9.17, 15) is 14.4 Å². The predicted octanol–water partition coefficient (Wildman–Crippen LogP) is 1.44. The van der Waals surface area contributed by atoms with E-state index in [0.717, 1.165) is 10.5 Å². The summed E-state index contributed by atoms with van der Waals surface area (Å²) in [6.45, 7) is 1.64. The molecular weight excluding hydrogens is 270 g/mol. The van der Waals surface area contributed by atoms with E-state index >= 15 is 0 Å². The first-order chi connectivity index (χ1) is 9.97. The van der Waals surface area contributed by atoms with Crippen LogP contribution < -0.4 is 11.1 Å². The van der Waals surface area contributed by atoms with Gasteiger partial charge in [-0.2, -0.15) is 0 Å². The molecule has 0 radical (unpaired) electrons. The predicted molar refractivity (Wildman–Crippen MR) is 79.4 cm³/mol. The number of carbonyl (C=O) groups is 3. The van der Waals surface area contributed by atoms with Gasteiger partial charge in [-0.05, 0) is 37.5 Å². The Kier molecular flexibility index (Phi) is 4.57. The zero-order chi connectivity index (χ0) is 15.4. The smallest absolute Gasteiger partial charge is 0.244 e. The first kappa shape index (κ1) is 15.0. The number of nitrogens with one attached hydrogen (secondary N) is 1. The van der Waals surface area contributed by atoms with Crippen LogP contribution in [0.4, 0.5) is 11.4 Å². The summed E-state index contributed by atoms with van der Waals surface area (Å²) in [6.07, 6.45) is 2.00. The monoisotopic (exact) mass is 289 g/mol. The molecule has 2 rings (SSSR count). The summed E-state index contributed by atoms with van der Waals surface area (Å²) in [5.74, 6) is -0.997. The summed E-state index contributed by atoms with van der Waals surface area (Å²) in [5.41, 5.74) is 7.75.